The minimum atomic E-state index is -4.37. The predicted octanol–water partition coefficient (Wildman–Crippen LogP) is 2.11. The maximum atomic E-state index is 12.5. The van der Waals surface area contributed by atoms with Gasteiger partial charge in [0.1, 0.15) is 5.82 Å². The van der Waals surface area contributed by atoms with Crippen LogP contribution in [0.4, 0.5) is 19.0 Å². The summed E-state index contributed by atoms with van der Waals surface area (Å²) in [4.78, 5) is 3.61. The van der Waals surface area contributed by atoms with Gasteiger partial charge in [-0.25, -0.2) is 4.98 Å². The standard InChI is InChI=1S/C10H12F3N3/c11-10(12,13)6-4-7(9(14)16-5-6)8-2-1-3-15-8/h4-5,8,15H,1-3H2,(H2,14,16)/t8-/m1/s1. The molecule has 0 bridgehead atoms. The minimum Gasteiger partial charge on any atom is -0.383 e. The first-order valence-corrected chi connectivity index (χ1v) is 5.04. The Labute approximate surface area is 90.9 Å². The molecule has 88 valence electrons. The van der Waals surface area contributed by atoms with Crippen LogP contribution in [0.3, 0.4) is 0 Å². The third-order valence-electron chi connectivity index (χ3n) is 2.71. The molecule has 2 rings (SSSR count). The van der Waals surface area contributed by atoms with E-state index in [2.05, 4.69) is 10.3 Å². The van der Waals surface area contributed by atoms with E-state index in [4.69, 9.17) is 5.73 Å². The van der Waals surface area contributed by atoms with E-state index in [1.165, 1.54) is 0 Å². The van der Waals surface area contributed by atoms with E-state index in [1.807, 2.05) is 0 Å². The van der Waals surface area contributed by atoms with Crippen molar-refractivity contribution in [3.63, 3.8) is 0 Å². The van der Waals surface area contributed by atoms with Gasteiger partial charge in [-0.3, -0.25) is 0 Å². The summed E-state index contributed by atoms with van der Waals surface area (Å²) in [7, 11) is 0. The fraction of sp³-hybridized carbons (Fsp3) is 0.500. The Morgan fingerprint density at radius 2 is 2.19 bits per heavy atom. The fourth-order valence-electron chi connectivity index (χ4n) is 1.88. The summed E-state index contributed by atoms with van der Waals surface area (Å²) in [6.07, 6.45) is -1.85. The normalized spacial score (nSPS) is 21.3. The molecule has 3 N–H and O–H groups in total. The Kier molecular flexibility index (Phi) is 2.75. The van der Waals surface area contributed by atoms with E-state index in [0.29, 0.717) is 5.56 Å². The molecular formula is C10H12F3N3. The highest BCUT2D eigenvalue weighted by molar-refractivity contribution is 5.44. The van der Waals surface area contributed by atoms with Crippen LogP contribution in [0.2, 0.25) is 0 Å². The van der Waals surface area contributed by atoms with Crippen molar-refractivity contribution < 1.29 is 13.2 Å². The summed E-state index contributed by atoms with van der Waals surface area (Å²) in [6, 6.07) is 0.987. The van der Waals surface area contributed by atoms with Crippen molar-refractivity contribution in [2.24, 2.45) is 0 Å². The summed E-state index contributed by atoms with van der Waals surface area (Å²) < 4.78 is 37.5. The Balaban J connectivity index is 2.36. The van der Waals surface area contributed by atoms with Crippen LogP contribution in [0.15, 0.2) is 12.3 Å². The number of hydrogen-bond acceptors (Lipinski definition) is 3. The number of pyridine rings is 1. The first-order valence-electron chi connectivity index (χ1n) is 5.04. The van der Waals surface area contributed by atoms with Crippen LogP contribution < -0.4 is 11.1 Å². The van der Waals surface area contributed by atoms with Gasteiger partial charge in [0.05, 0.1) is 5.56 Å². The van der Waals surface area contributed by atoms with Gasteiger partial charge in [0.25, 0.3) is 0 Å². The van der Waals surface area contributed by atoms with Gasteiger partial charge < -0.3 is 11.1 Å². The third-order valence-corrected chi connectivity index (χ3v) is 2.71. The van der Waals surface area contributed by atoms with Crippen LogP contribution in [-0.4, -0.2) is 11.5 Å². The SMILES string of the molecule is Nc1ncc(C(F)(F)F)cc1[C@H]1CCCN1. The minimum absolute atomic E-state index is 0.102. The molecule has 0 aliphatic carbocycles. The lowest BCUT2D eigenvalue weighted by Gasteiger charge is -2.15. The average molecular weight is 231 g/mol. The van der Waals surface area contributed by atoms with Crippen LogP contribution in [0.5, 0.6) is 0 Å². The molecule has 0 amide bonds. The lowest BCUT2D eigenvalue weighted by Crippen LogP contribution is -2.17. The van der Waals surface area contributed by atoms with Crippen molar-refractivity contribution in [2.45, 2.75) is 25.1 Å². The molecule has 0 unspecified atom stereocenters. The lowest BCUT2D eigenvalue weighted by atomic mass is 10.0. The van der Waals surface area contributed by atoms with Crippen molar-refractivity contribution in [3.05, 3.63) is 23.4 Å². The lowest BCUT2D eigenvalue weighted by molar-refractivity contribution is -0.137. The molecule has 0 saturated carbocycles. The van der Waals surface area contributed by atoms with Crippen LogP contribution in [-0.2, 0) is 6.18 Å². The predicted molar refractivity (Wildman–Crippen MR) is 53.6 cm³/mol. The number of alkyl halides is 3. The smallest absolute Gasteiger partial charge is 0.383 e. The van der Waals surface area contributed by atoms with Gasteiger partial charge in [0, 0.05) is 17.8 Å². The van der Waals surface area contributed by atoms with Gasteiger partial charge in [-0.05, 0) is 25.5 Å². The van der Waals surface area contributed by atoms with Gasteiger partial charge >= 0.3 is 6.18 Å². The quantitative estimate of drug-likeness (QED) is 0.778. The summed E-state index contributed by atoms with van der Waals surface area (Å²) in [5.41, 5.74) is 5.30. The molecule has 1 saturated heterocycles. The number of nitrogens with two attached hydrogens (primary N) is 1. The van der Waals surface area contributed by atoms with E-state index >= 15 is 0 Å². The highest BCUT2D eigenvalue weighted by Crippen LogP contribution is 2.33. The molecule has 0 radical (unpaired) electrons. The summed E-state index contributed by atoms with van der Waals surface area (Å²) in [5, 5.41) is 3.11. The second-order valence-corrected chi connectivity index (χ2v) is 3.85. The van der Waals surface area contributed by atoms with Crippen LogP contribution in [0.1, 0.15) is 30.0 Å². The molecule has 1 aromatic heterocycles. The zero-order valence-electron chi connectivity index (χ0n) is 8.51. The molecule has 0 aromatic carbocycles. The molecular weight excluding hydrogens is 219 g/mol. The Hall–Kier alpha value is -1.30. The molecule has 2 heterocycles. The summed E-state index contributed by atoms with van der Waals surface area (Å²) in [6.45, 7) is 0.806. The number of nitrogen functional groups attached to an aromatic ring is 1. The van der Waals surface area contributed by atoms with E-state index in [9.17, 15) is 13.2 Å². The van der Waals surface area contributed by atoms with E-state index < -0.39 is 11.7 Å². The highest BCUT2D eigenvalue weighted by atomic mass is 19.4. The van der Waals surface area contributed by atoms with Crippen molar-refractivity contribution in [3.8, 4) is 0 Å². The average Bonchev–Trinajstić information content (AvgIpc) is 2.69. The molecule has 1 atom stereocenters. The van der Waals surface area contributed by atoms with Crippen LogP contribution in [0, 0.1) is 0 Å². The molecule has 16 heavy (non-hydrogen) atoms. The Morgan fingerprint density at radius 1 is 1.44 bits per heavy atom. The molecule has 1 aromatic rings. The zero-order chi connectivity index (χ0) is 11.8. The molecule has 3 nitrogen and oxygen atoms in total. The van der Waals surface area contributed by atoms with Crippen molar-refractivity contribution >= 4 is 5.82 Å². The monoisotopic (exact) mass is 231 g/mol. The van der Waals surface area contributed by atoms with Gasteiger partial charge in [-0.2, -0.15) is 13.2 Å². The largest absolute Gasteiger partial charge is 0.417 e. The first kappa shape index (κ1) is 11.2. The fourth-order valence-corrected chi connectivity index (χ4v) is 1.88. The van der Waals surface area contributed by atoms with Gasteiger partial charge in [0.2, 0.25) is 0 Å². The first-order chi connectivity index (χ1) is 7.48. The number of aromatic nitrogens is 1. The molecule has 6 heteroatoms. The summed E-state index contributed by atoms with van der Waals surface area (Å²) >= 11 is 0. The topological polar surface area (TPSA) is 50.9 Å². The second-order valence-electron chi connectivity index (χ2n) is 3.85. The van der Waals surface area contributed by atoms with Crippen LogP contribution >= 0.6 is 0 Å². The van der Waals surface area contributed by atoms with Crippen LogP contribution in [0.25, 0.3) is 0 Å². The Bertz CT molecular complexity index is 383. The number of nitrogens with one attached hydrogen (secondary N) is 1. The molecule has 1 fully saturated rings. The van der Waals surface area contributed by atoms with E-state index in [-0.39, 0.29) is 11.9 Å². The third kappa shape index (κ3) is 2.11. The zero-order valence-corrected chi connectivity index (χ0v) is 8.51. The number of hydrogen-bond donors (Lipinski definition) is 2. The summed E-state index contributed by atoms with van der Waals surface area (Å²) in [5.74, 6) is 0.174. The maximum Gasteiger partial charge on any atom is 0.417 e. The Morgan fingerprint density at radius 3 is 2.75 bits per heavy atom. The van der Waals surface area contributed by atoms with Gasteiger partial charge in [-0.1, -0.05) is 0 Å². The molecule has 1 aliphatic rings. The van der Waals surface area contributed by atoms with Crippen molar-refractivity contribution in [1.29, 1.82) is 0 Å². The number of rotatable bonds is 1. The molecule has 1 aliphatic heterocycles. The highest BCUT2D eigenvalue weighted by Gasteiger charge is 2.32. The second kappa shape index (κ2) is 3.93. The maximum absolute atomic E-state index is 12.5. The number of anilines is 1. The number of halogens is 3. The van der Waals surface area contributed by atoms with Gasteiger partial charge in [-0.15, -0.1) is 0 Å². The number of nitrogens with zero attached hydrogens (tertiary/aromatic N) is 1. The van der Waals surface area contributed by atoms with E-state index in [1.54, 1.807) is 0 Å². The van der Waals surface area contributed by atoms with Crippen molar-refractivity contribution in [2.75, 3.05) is 12.3 Å². The van der Waals surface area contributed by atoms with Crippen molar-refractivity contribution in [1.82, 2.24) is 10.3 Å². The molecule has 0 spiro atoms. The van der Waals surface area contributed by atoms with E-state index in [0.717, 1.165) is 31.6 Å². The van der Waals surface area contributed by atoms with Gasteiger partial charge in [0.15, 0.2) is 0 Å².